The standard InChI is InChI=1S/C51H78B8N5O15PS/c1-6-77-22-23-79-32-49(73)62-30-43(68)27-38(25-36-10-8-7-9-11-36)45(69)28-39(24-35(2)3)51(75)63-31-42(67)26-37(50(74)60-18-19-78-21-20-76-4)12-16-47(71)61-29-40(65)14-17-48(72)64-44(15-13-41(66)33-80(5)56)46(70)34-81(57-52,58-53)59(54)55/h7-11,35,37-39,44H,6,12-34H2,1-5H3,(H,60,74)(H,61,71)(H,62,73)(H,63,75)(H,64,72). The van der Waals surface area contributed by atoms with Crippen LogP contribution in [0.3, 0.4) is 0 Å². The van der Waals surface area contributed by atoms with E-state index in [1.54, 1.807) is 18.8 Å². The van der Waals surface area contributed by atoms with E-state index in [1.807, 2.05) is 39.0 Å². The number of rotatable bonds is 47. The maximum absolute atomic E-state index is 14.0. The number of hydrogen-bond donors (Lipinski definition) is 5. The fraction of sp³-hybridized carbons (Fsp3) is 0.667. The zero-order valence-corrected chi connectivity index (χ0v) is 49.6. The van der Waals surface area contributed by atoms with Crippen LogP contribution in [0.4, 0.5) is 0 Å². The molecule has 0 saturated carbocycles. The van der Waals surface area contributed by atoms with Crippen LogP contribution in [0.25, 0.3) is 0 Å². The molecule has 432 valence electrons. The van der Waals surface area contributed by atoms with Crippen LogP contribution in [0.1, 0.15) is 90.5 Å². The number of hydrogen-bond acceptors (Lipinski definition) is 15. The van der Waals surface area contributed by atoms with Gasteiger partial charge in [0.25, 0.3) is 0 Å². The summed E-state index contributed by atoms with van der Waals surface area (Å²) in [5.74, 6) is -9.69. The van der Waals surface area contributed by atoms with E-state index < -0.39 is 106 Å². The van der Waals surface area contributed by atoms with E-state index in [9.17, 15) is 52.7 Å². The number of amides is 5. The quantitative estimate of drug-likeness (QED) is 0.0311. The predicted molar refractivity (Wildman–Crippen MR) is 322 cm³/mol. The van der Waals surface area contributed by atoms with Crippen LogP contribution in [0.2, 0.25) is 0 Å². The molecule has 0 saturated heterocycles. The summed E-state index contributed by atoms with van der Waals surface area (Å²) in [5.41, 5.74) is 0.794. The van der Waals surface area contributed by atoms with Gasteiger partial charge in [0.15, 0.2) is 11.6 Å². The Morgan fingerprint density at radius 1 is 0.642 bits per heavy atom. The van der Waals surface area contributed by atoms with Crippen molar-refractivity contribution in [1.82, 2.24) is 26.6 Å². The number of carbonyl (C=O) groups is 11. The topological polar surface area (TPSA) is 285 Å². The van der Waals surface area contributed by atoms with Gasteiger partial charge in [0.05, 0.1) is 46.1 Å². The molecule has 81 heavy (non-hydrogen) atoms. The van der Waals surface area contributed by atoms with Gasteiger partial charge >= 0.3 is 189 Å². The first-order valence-corrected chi connectivity index (χ1v) is 31.2. The summed E-state index contributed by atoms with van der Waals surface area (Å²) in [7, 11) is 27.2. The Hall–Kier alpha value is -4.27. The Kier molecular flexibility index (Phi) is 40.0. The van der Waals surface area contributed by atoms with Crippen molar-refractivity contribution < 1.29 is 71.7 Å². The maximum atomic E-state index is 14.0. The molecular weight excluding hydrogens is 1070 g/mol. The van der Waals surface area contributed by atoms with Crippen LogP contribution < -0.4 is 26.6 Å². The zero-order chi connectivity index (χ0) is 60.8. The van der Waals surface area contributed by atoms with Gasteiger partial charge in [-0.2, -0.15) is 0 Å². The number of ketones is 6. The Morgan fingerprint density at radius 2 is 1.25 bits per heavy atom. The summed E-state index contributed by atoms with van der Waals surface area (Å²) in [5, 5.41) is 12.9. The van der Waals surface area contributed by atoms with E-state index in [2.05, 4.69) is 26.6 Å². The third kappa shape index (κ3) is 34.2. The molecule has 0 spiro atoms. The van der Waals surface area contributed by atoms with Gasteiger partial charge in [-0.3, -0.25) is 33.6 Å². The number of methoxy groups -OCH3 is 1. The molecule has 5 amide bonds. The van der Waals surface area contributed by atoms with E-state index >= 15 is 0 Å². The molecule has 1 aromatic carbocycles. The van der Waals surface area contributed by atoms with Crippen molar-refractivity contribution in [3.8, 4) is 0 Å². The van der Waals surface area contributed by atoms with Crippen molar-refractivity contribution in [3.05, 3.63) is 35.9 Å². The monoisotopic (exact) mass is 1150 g/mol. The van der Waals surface area contributed by atoms with Crippen LogP contribution in [0, 0.1) is 23.7 Å². The Bertz CT molecular complexity index is 2320. The number of carbonyl (C=O) groups excluding carboxylic acids is 11. The molecule has 0 aromatic heterocycles. The summed E-state index contributed by atoms with van der Waals surface area (Å²) in [6.45, 7) is 7.55. The molecule has 5 N–H and O–H groups in total. The van der Waals surface area contributed by atoms with Crippen molar-refractivity contribution in [2.75, 3.05) is 98.1 Å². The molecule has 10 radical (unpaired) electrons. The first-order valence-electron chi connectivity index (χ1n) is 27.1. The molecule has 0 aliphatic heterocycles. The van der Waals surface area contributed by atoms with E-state index in [-0.39, 0.29) is 145 Å². The summed E-state index contributed by atoms with van der Waals surface area (Å²) in [4.78, 5) is 145. The van der Waals surface area contributed by atoms with Crippen molar-refractivity contribution in [2.24, 2.45) is 23.7 Å². The fourth-order valence-corrected chi connectivity index (χ4v) is 10.3. The van der Waals surface area contributed by atoms with E-state index in [1.165, 1.54) is 19.2 Å². The molecule has 0 aliphatic carbocycles. The van der Waals surface area contributed by atoms with Gasteiger partial charge in [0.2, 0.25) is 17.7 Å². The first kappa shape index (κ1) is 74.7. The second-order valence-electron chi connectivity index (χ2n) is 19.9. The van der Waals surface area contributed by atoms with Crippen LogP contribution in [0.15, 0.2) is 30.3 Å². The third-order valence-electron chi connectivity index (χ3n) is 12.5. The molecule has 1 rings (SSSR count). The summed E-state index contributed by atoms with van der Waals surface area (Å²) >= 11 is 0. The van der Waals surface area contributed by atoms with Crippen LogP contribution in [0.5, 0.6) is 0 Å². The van der Waals surface area contributed by atoms with Crippen molar-refractivity contribution in [1.29, 1.82) is 0 Å². The second kappa shape index (κ2) is 43.4. The molecule has 20 nitrogen and oxygen atoms in total. The van der Waals surface area contributed by atoms with Crippen LogP contribution >= 0.6 is 16.5 Å². The third-order valence-corrected chi connectivity index (χ3v) is 16.2. The van der Waals surface area contributed by atoms with Gasteiger partial charge in [0, 0.05) is 63.7 Å². The van der Waals surface area contributed by atoms with Gasteiger partial charge in [-0.1, -0.05) is 44.2 Å². The number of ether oxygens (including phenoxy) is 4. The summed E-state index contributed by atoms with van der Waals surface area (Å²) < 4.78 is 20.8. The second-order valence-corrected chi connectivity index (χ2v) is 25.0. The molecule has 0 fully saturated rings. The van der Waals surface area contributed by atoms with Crippen molar-refractivity contribution >= 4 is 137 Å². The molecule has 1 aromatic rings. The molecule has 5 unspecified atom stereocenters. The average molecular weight is 1150 g/mol. The molecule has 0 heterocycles. The van der Waals surface area contributed by atoms with Gasteiger partial charge < -0.3 is 34.9 Å². The van der Waals surface area contributed by atoms with Crippen molar-refractivity contribution in [3.63, 3.8) is 0 Å². The fourth-order valence-electron chi connectivity index (χ4n) is 8.06. The van der Waals surface area contributed by atoms with Gasteiger partial charge in [-0.05, 0) is 37.7 Å². The summed E-state index contributed by atoms with van der Waals surface area (Å²) in [6.07, 6.45) is -1.48. The first-order chi connectivity index (χ1) is 38.5. The number of nitrogens with one attached hydrogen (secondary N) is 5. The Labute approximate surface area is 488 Å². The van der Waals surface area contributed by atoms with Gasteiger partial charge in [-0.25, -0.2) is 0 Å². The molecule has 0 aliphatic rings. The number of benzene rings is 1. The average Bonchev–Trinajstić information content (AvgIpc) is 3.42. The van der Waals surface area contributed by atoms with E-state index in [0.717, 1.165) is 5.56 Å². The van der Waals surface area contributed by atoms with Crippen LogP contribution in [-0.4, -0.2) is 225 Å². The minimum atomic E-state index is -2.46. The molecule has 0 bridgehead atoms. The predicted octanol–water partition coefficient (Wildman–Crippen LogP) is -0.558. The molecule has 5 atom stereocenters. The Balaban J connectivity index is 3.03. The zero-order valence-electron chi connectivity index (χ0n) is 47.8. The van der Waals surface area contributed by atoms with Gasteiger partial charge in [-0.15, -0.1) is 0 Å². The van der Waals surface area contributed by atoms with Gasteiger partial charge in [0.1, 0.15) is 12.4 Å². The summed E-state index contributed by atoms with van der Waals surface area (Å²) in [6, 6.07) is 10.2. The normalized spacial score (nSPS) is 13.0. The minimum absolute atomic E-state index is 0.0473. The van der Waals surface area contributed by atoms with E-state index in [4.69, 9.17) is 57.5 Å². The van der Waals surface area contributed by atoms with Crippen LogP contribution in [-0.2, 0) is 78.1 Å². The SMILES string of the molecule is [B]B=S(=B[B])(CC(=O)C(CCC(=O)CP([B])C)NC(=O)CCC(=O)CNC(=O)CCC(CC(=O)CNC(=O)C(CC(=O)C(CC(=O)CNC(=O)COCCOCC)Cc1ccccc1)CC(C)C)C(=O)NCCOCCOC)B([B])[B]. The van der Waals surface area contributed by atoms with Crippen molar-refractivity contribution in [2.45, 2.75) is 97.4 Å². The number of Topliss-reactive ketones (excluding diaryl/α,β-unsaturated/α-hetero) is 6. The molecule has 30 heteroatoms. The molecular formula is C51H78B8N5O15PS. The Morgan fingerprint density at radius 3 is 1.86 bits per heavy atom. The van der Waals surface area contributed by atoms with E-state index in [0.29, 0.717) is 19.8 Å².